The van der Waals surface area contributed by atoms with Gasteiger partial charge in [-0.15, -0.1) is 0 Å². The number of rotatable bonds is 3. The Hall–Kier alpha value is -1.10. The van der Waals surface area contributed by atoms with Crippen molar-refractivity contribution >= 4 is 11.9 Å². The van der Waals surface area contributed by atoms with Gasteiger partial charge in [-0.2, -0.15) is 0 Å². The molecule has 1 aliphatic carbocycles. The molecular weight excluding hydrogens is 244 g/mol. The van der Waals surface area contributed by atoms with Crippen LogP contribution in [-0.4, -0.2) is 35.6 Å². The summed E-state index contributed by atoms with van der Waals surface area (Å²) in [7, 11) is 0. The lowest BCUT2D eigenvalue weighted by molar-refractivity contribution is -0.150. The van der Waals surface area contributed by atoms with Gasteiger partial charge in [0.15, 0.2) is 0 Å². The molecule has 1 amide bonds. The summed E-state index contributed by atoms with van der Waals surface area (Å²) in [6.07, 6.45) is 3.01. The Morgan fingerprint density at radius 2 is 2.05 bits per heavy atom. The summed E-state index contributed by atoms with van der Waals surface area (Å²) in [6, 6.07) is 0. The lowest BCUT2D eigenvalue weighted by Gasteiger charge is -2.38. The molecule has 2 unspecified atom stereocenters. The van der Waals surface area contributed by atoms with E-state index in [4.69, 9.17) is 0 Å². The van der Waals surface area contributed by atoms with Crippen molar-refractivity contribution in [2.45, 2.75) is 45.1 Å². The Kier molecular flexibility index (Phi) is 4.13. The van der Waals surface area contributed by atoms with Crippen molar-refractivity contribution in [3.63, 3.8) is 0 Å². The fourth-order valence-electron chi connectivity index (χ4n) is 3.40. The molecule has 2 rings (SSSR count). The summed E-state index contributed by atoms with van der Waals surface area (Å²) < 4.78 is 0. The molecule has 4 atom stereocenters. The van der Waals surface area contributed by atoms with Crippen molar-refractivity contribution in [2.75, 3.05) is 13.1 Å². The SMILES string of the molecule is CC1CCCC(NC(=O)[C@@H]2CNC[C@H]2C)(C(=O)O)C1. The van der Waals surface area contributed by atoms with Crippen LogP contribution in [0.2, 0.25) is 0 Å². The Balaban J connectivity index is 2.08. The van der Waals surface area contributed by atoms with Crippen LogP contribution in [0.5, 0.6) is 0 Å². The van der Waals surface area contributed by atoms with Crippen molar-refractivity contribution in [2.24, 2.45) is 17.8 Å². The monoisotopic (exact) mass is 268 g/mol. The van der Waals surface area contributed by atoms with Gasteiger partial charge in [0.25, 0.3) is 0 Å². The number of aliphatic carboxylic acids is 1. The average Bonchev–Trinajstić information content (AvgIpc) is 2.75. The second-order valence-electron chi connectivity index (χ2n) is 6.32. The standard InChI is InChI=1S/C14H24N2O3/c1-9-4-3-5-14(6-9,13(18)19)16-12(17)11-8-15-7-10(11)2/h9-11,15H,3-8H2,1-2H3,(H,16,17)(H,18,19)/t9?,10-,11-,14?/m1/s1. The van der Waals surface area contributed by atoms with Crippen molar-refractivity contribution in [3.05, 3.63) is 0 Å². The third kappa shape index (κ3) is 2.91. The van der Waals surface area contributed by atoms with Gasteiger partial charge in [0.2, 0.25) is 5.91 Å². The number of hydrogen-bond donors (Lipinski definition) is 3. The van der Waals surface area contributed by atoms with E-state index in [0.29, 0.717) is 25.3 Å². The molecule has 1 saturated heterocycles. The van der Waals surface area contributed by atoms with E-state index in [-0.39, 0.29) is 17.7 Å². The summed E-state index contributed by atoms with van der Waals surface area (Å²) in [4.78, 5) is 23.9. The number of carbonyl (C=O) groups excluding carboxylic acids is 1. The number of carboxylic acids is 1. The first-order valence-corrected chi connectivity index (χ1v) is 7.21. The van der Waals surface area contributed by atoms with Crippen LogP contribution in [0.3, 0.4) is 0 Å². The molecule has 19 heavy (non-hydrogen) atoms. The van der Waals surface area contributed by atoms with E-state index in [1.807, 2.05) is 6.92 Å². The third-order valence-electron chi connectivity index (χ3n) is 4.62. The number of carboxylic acid groups (broad SMARTS) is 1. The minimum atomic E-state index is -1.04. The van der Waals surface area contributed by atoms with Crippen LogP contribution in [0, 0.1) is 17.8 Å². The minimum Gasteiger partial charge on any atom is -0.480 e. The molecule has 5 nitrogen and oxygen atoms in total. The molecule has 5 heteroatoms. The van der Waals surface area contributed by atoms with Crippen molar-refractivity contribution < 1.29 is 14.7 Å². The zero-order valence-corrected chi connectivity index (χ0v) is 11.7. The predicted octanol–water partition coefficient (Wildman–Crippen LogP) is 0.992. The number of nitrogens with one attached hydrogen (secondary N) is 2. The van der Waals surface area contributed by atoms with Gasteiger partial charge in [0.05, 0.1) is 5.92 Å². The zero-order chi connectivity index (χ0) is 14.0. The van der Waals surface area contributed by atoms with Gasteiger partial charge in [-0.3, -0.25) is 4.79 Å². The topological polar surface area (TPSA) is 78.4 Å². The van der Waals surface area contributed by atoms with Gasteiger partial charge in [0, 0.05) is 6.54 Å². The van der Waals surface area contributed by atoms with Crippen LogP contribution in [0.1, 0.15) is 39.5 Å². The lowest BCUT2D eigenvalue weighted by atomic mass is 9.76. The lowest BCUT2D eigenvalue weighted by Crippen LogP contribution is -2.58. The zero-order valence-electron chi connectivity index (χ0n) is 11.7. The number of hydrogen-bond acceptors (Lipinski definition) is 3. The number of carbonyl (C=O) groups is 2. The van der Waals surface area contributed by atoms with Gasteiger partial charge in [-0.05, 0) is 31.2 Å². The third-order valence-corrected chi connectivity index (χ3v) is 4.62. The number of amides is 1. The van der Waals surface area contributed by atoms with Crippen molar-refractivity contribution in [3.8, 4) is 0 Å². The molecule has 0 aromatic rings. The van der Waals surface area contributed by atoms with Gasteiger partial charge in [0.1, 0.15) is 5.54 Å². The van der Waals surface area contributed by atoms with Crippen LogP contribution >= 0.6 is 0 Å². The highest BCUT2D eigenvalue weighted by Gasteiger charge is 2.45. The molecule has 2 fully saturated rings. The van der Waals surface area contributed by atoms with E-state index in [2.05, 4.69) is 17.6 Å². The van der Waals surface area contributed by atoms with Gasteiger partial charge in [-0.1, -0.05) is 26.7 Å². The molecule has 0 radical (unpaired) electrons. The molecule has 1 saturated carbocycles. The van der Waals surface area contributed by atoms with Crippen LogP contribution in [0.4, 0.5) is 0 Å². The molecule has 0 aromatic carbocycles. The molecule has 1 aliphatic heterocycles. The predicted molar refractivity (Wildman–Crippen MR) is 71.7 cm³/mol. The van der Waals surface area contributed by atoms with Gasteiger partial charge < -0.3 is 15.7 Å². The van der Waals surface area contributed by atoms with Crippen molar-refractivity contribution in [1.82, 2.24) is 10.6 Å². The van der Waals surface area contributed by atoms with E-state index in [0.717, 1.165) is 19.4 Å². The Morgan fingerprint density at radius 3 is 2.58 bits per heavy atom. The van der Waals surface area contributed by atoms with E-state index in [9.17, 15) is 14.7 Å². The summed E-state index contributed by atoms with van der Waals surface area (Å²) in [5, 5.41) is 15.6. The summed E-state index contributed by atoms with van der Waals surface area (Å²) in [5.74, 6) is -0.468. The Bertz CT molecular complexity index is 372. The van der Waals surface area contributed by atoms with E-state index < -0.39 is 11.5 Å². The van der Waals surface area contributed by atoms with E-state index >= 15 is 0 Å². The maximum atomic E-state index is 12.3. The molecule has 0 bridgehead atoms. The second kappa shape index (κ2) is 5.49. The normalized spacial score (nSPS) is 38.9. The maximum Gasteiger partial charge on any atom is 0.329 e. The quantitative estimate of drug-likeness (QED) is 0.713. The summed E-state index contributed by atoms with van der Waals surface area (Å²) in [5.41, 5.74) is -1.04. The first kappa shape index (κ1) is 14.3. The molecule has 2 aliphatic rings. The largest absolute Gasteiger partial charge is 0.480 e. The first-order valence-electron chi connectivity index (χ1n) is 7.21. The highest BCUT2D eigenvalue weighted by molar-refractivity contribution is 5.88. The fourth-order valence-corrected chi connectivity index (χ4v) is 3.40. The highest BCUT2D eigenvalue weighted by atomic mass is 16.4. The molecular formula is C14H24N2O3. The van der Waals surface area contributed by atoms with Crippen LogP contribution in [-0.2, 0) is 9.59 Å². The van der Waals surface area contributed by atoms with E-state index in [1.165, 1.54) is 0 Å². The minimum absolute atomic E-state index is 0.103. The second-order valence-corrected chi connectivity index (χ2v) is 6.32. The molecule has 108 valence electrons. The first-order chi connectivity index (χ1) is 8.94. The molecule has 1 heterocycles. The Labute approximate surface area is 114 Å². The van der Waals surface area contributed by atoms with Crippen LogP contribution in [0.15, 0.2) is 0 Å². The van der Waals surface area contributed by atoms with Gasteiger partial charge in [-0.25, -0.2) is 4.79 Å². The molecule has 3 N–H and O–H groups in total. The van der Waals surface area contributed by atoms with Crippen LogP contribution in [0.25, 0.3) is 0 Å². The molecule has 0 spiro atoms. The summed E-state index contributed by atoms with van der Waals surface area (Å²) >= 11 is 0. The smallest absolute Gasteiger partial charge is 0.329 e. The van der Waals surface area contributed by atoms with Crippen LogP contribution < -0.4 is 10.6 Å². The fraction of sp³-hybridized carbons (Fsp3) is 0.857. The highest BCUT2D eigenvalue weighted by Crippen LogP contribution is 2.33. The van der Waals surface area contributed by atoms with E-state index in [1.54, 1.807) is 0 Å². The summed E-state index contributed by atoms with van der Waals surface area (Å²) in [6.45, 7) is 5.57. The average molecular weight is 268 g/mol. The maximum absolute atomic E-state index is 12.3. The van der Waals surface area contributed by atoms with Gasteiger partial charge >= 0.3 is 5.97 Å². The molecule has 0 aromatic heterocycles. The Morgan fingerprint density at radius 1 is 1.32 bits per heavy atom. The van der Waals surface area contributed by atoms with Crippen molar-refractivity contribution in [1.29, 1.82) is 0 Å².